The number of benzene rings is 1. The fourth-order valence-electron chi connectivity index (χ4n) is 0.972. The number of hydrogen-bond acceptors (Lipinski definition) is 2. The molecule has 1 aromatic carbocycles. The molecule has 0 fully saturated rings. The molecule has 0 spiro atoms. The first-order valence-corrected chi connectivity index (χ1v) is 5.14. The molecule has 14 heavy (non-hydrogen) atoms. The van der Waals surface area contributed by atoms with Gasteiger partial charge in [-0.15, -0.1) is 0 Å². The lowest BCUT2D eigenvalue weighted by Gasteiger charge is -2.08. The summed E-state index contributed by atoms with van der Waals surface area (Å²) in [6, 6.07) is 9.40. The van der Waals surface area contributed by atoms with E-state index >= 15 is 0 Å². The van der Waals surface area contributed by atoms with E-state index in [1.807, 2.05) is 30.3 Å². The largest absolute Gasteiger partial charge is 0.460 e. The molecule has 74 valence electrons. The lowest BCUT2D eigenvalue weighted by Crippen LogP contribution is -2.10. The van der Waals surface area contributed by atoms with Crippen LogP contribution in [0.5, 0.6) is 0 Å². The van der Waals surface area contributed by atoms with Crippen molar-refractivity contribution in [2.75, 3.05) is 6.61 Å². The molecule has 0 aliphatic rings. The van der Waals surface area contributed by atoms with Gasteiger partial charge in [0.1, 0.15) is 11.4 Å². The number of hydrogen-bond donors (Lipinski definition) is 0. The summed E-state index contributed by atoms with van der Waals surface area (Å²) in [5.41, 5.74) is 0.890. The van der Waals surface area contributed by atoms with Crippen molar-refractivity contribution < 1.29 is 9.53 Å². The van der Waals surface area contributed by atoms with Crippen molar-refractivity contribution in [3.63, 3.8) is 0 Å². The molecule has 1 rings (SSSR count). The minimum atomic E-state index is -0.399. The molecule has 0 bridgehead atoms. The summed E-state index contributed by atoms with van der Waals surface area (Å²) < 4.78 is 4.90. The normalized spacial score (nSPS) is 11.8. The zero-order chi connectivity index (χ0) is 10.4. The van der Waals surface area contributed by atoms with Crippen molar-refractivity contribution in [3.8, 4) is 0 Å². The highest BCUT2D eigenvalue weighted by Gasteiger charge is 2.17. The number of ether oxygens (including phenoxy) is 1. The maximum absolute atomic E-state index is 11.4. The smallest absolute Gasteiger partial charge is 0.324 e. The van der Waals surface area contributed by atoms with E-state index < -0.39 is 4.83 Å². The maximum Gasteiger partial charge on any atom is 0.324 e. The van der Waals surface area contributed by atoms with Crippen LogP contribution < -0.4 is 0 Å². The summed E-state index contributed by atoms with van der Waals surface area (Å²) >= 11 is 3.27. The van der Waals surface area contributed by atoms with Crippen molar-refractivity contribution in [1.82, 2.24) is 0 Å². The van der Waals surface area contributed by atoms with E-state index in [2.05, 4.69) is 22.5 Å². The van der Waals surface area contributed by atoms with Crippen molar-refractivity contribution in [1.29, 1.82) is 0 Å². The predicted octanol–water partition coefficient (Wildman–Crippen LogP) is 2.85. The number of carbonyl (C=O) groups is 1. The molecule has 1 unspecified atom stereocenters. The van der Waals surface area contributed by atoms with E-state index in [-0.39, 0.29) is 12.6 Å². The highest BCUT2D eigenvalue weighted by molar-refractivity contribution is 9.09. The van der Waals surface area contributed by atoms with Gasteiger partial charge in [0.15, 0.2) is 0 Å². The number of rotatable bonds is 4. The van der Waals surface area contributed by atoms with Gasteiger partial charge in [0, 0.05) is 0 Å². The van der Waals surface area contributed by atoms with Gasteiger partial charge < -0.3 is 4.74 Å². The topological polar surface area (TPSA) is 26.3 Å². The average molecular weight is 255 g/mol. The van der Waals surface area contributed by atoms with Gasteiger partial charge in [0.2, 0.25) is 0 Å². The van der Waals surface area contributed by atoms with Crippen LogP contribution in [0.15, 0.2) is 43.0 Å². The van der Waals surface area contributed by atoms with Gasteiger partial charge in [-0.25, -0.2) is 0 Å². The fourth-order valence-corrected chi connectivity index (χ4v) is 1.41. The van der Waals surface area contributed by atoms with Crippen LogP contribution in [0.25, 0.3) is 0 Å². The molecular formula is C11H11BrO2. The van der Waals surface area contributed by atoms with Crippen LogP contribution in [0.3, 0.4) is 0 Å². The van der Waals surface area contributed by atoms with Gasteiger partial charge >= 0.3 is 5.97 Å². The monoisotopic (exact) mass is 254 g/mol. The maximum atomic E-state index is 11.4. The molecular weight excluding hydrogens is 244 g/mol. The molecule has 0 aliphatic heterocycles. The minimum absolute atomic E-state index is 0.244. The van der Waals surface area contributed by atoms with Gasteiger partial charge in [-0.1, -0.05) is 58.9 Å². The predicted molar refractivity (Wildman–Crippen MR) is 59.3 cm³/mol. The number of carbonyl (C=O) groups excluding carboxylic acids is 1. The zero-order valence-electron chi connectivity index (χ0n) is 7.65. The second-order valence-corrected chi connectivity index (χ2v) is 3.61. The van der Waals surface area contributed by atoms with Crippen LogP contribution in [0.4, 0.5) is 0 Å². The molecule has 0 saturated heterocycles. The van der Waals surface area contributed by atoms with E-state index in [4.69, 9.17) is 4.74 Å². The Morgan fingerprint density at radius 3 is 2.71 bits per heavy atom. The van der Waals surface area contributed by atoms with Crippen LogP contribution in [0.2, 0.25) is 0 Å². The van der Waals surface area contributed by atoms with E-state index in [9.17, 15) is 4.79 Å². The van der Waals surface area contributed by atoms with Gasteiger partial charge in [-0.05, 0) is 5.56 Å². The Balaban J connectivity index is 2.61. The second-order valence-electron chi connectivity index (χ2n) is 2.69. The highest BCUT2D eigenvalue weighted by Crippen LogP contribution is 2.23. The Bertz CT molecular complexity index is 308. The Hall–Kier alpha value is -1.09. The first-order valence-electron chi connectivity index (χ1n) is 4.22. The van der Waals surface area contributed by atoms with Crippen LogP contribution in [-0.2, 0) is 9.53 Å². The lowest BCUT2D eigenvalue weighted by molar-refractivity contribution is -0.141. The lowest BCUT2D eigenvalue weighted by atomic mass is 10.1. The van der Waals surface area contributed by atoms with E-state index in [1.54, 1.807) is 6.08 Å². The van der Waals surface area contributed by atoms with Gasteiger partial charge in [0.05, 0.1) is 0 Å². The van der Waals surface area contributed by atoms with E-state index in [1.165, 1.54) is 0 Å². The van der Waals surface area contributed by atoms with Crippen molar-refractivity contribution in [2.45, 2.75) is 4.83 Å². The van der Waals surface area contributed by atoms with Crippen LogP contribution >= 0.6 is 15.9 Å². The first-order chi connectivity index (χ1) is 6.75. The Labute approximate surface area is 91.7 Å². The molecule has 0 aliphatic carbocycles. The standard InChI is InChI=1S/C11H11BrO2/c1-2-8-14-11(13)10(12)9-6-4-3-5-7-9/h2-7,10H,1,8H2. The molecule has 0 heterocycles. The summed E-state index contributed by atoms with van der Waals surface area (Å²) in [5.74, 6) is -0.295. The fraction of sp³-hybridized carbons (Fsp3) is 0.182. The summed E-state index contributed by atoms with van der Waals surface area (Å²) in [4.78, 5) is 11.0. The molecule has 2 nitrogen and oxygen atoms in total. The Kier molecular flexibility index (Phi) is 4.40. The molecule has 0 aromatic heterocycles. The molecule has 0 N–H and O–H groups in total. The van der Waals surface area contributed by atoms with Crippen LogP contribution in [0.1, 0.15) is 10.4 Å². The van der Waals surface area contributed by atoms with Crippen LogP contribution in [0, 0.1) is 0 Å². The quantitative estimate of drug-likeness (QED) is 0.469. The number of esters is 1. The number of halogens is 1. The Morgan fingerprint density at radius 1 is 1.50 bits per heavy atom. The molecule has 0 amide bonds. The third kappa shape index (κ3) is 3.00. The second kappa shape index (κ2) is 5.60. The minimum Gasteiger partial charge on any atom is -0.460 e. The number of alkyl halides is 1. The molecule has 0 radical (unpaired) electrons. The van der Waals surface area contributed by atoms with Crippen LogP contribution in [-0.4, -0.2) is 12.6 Å². The SMILES string of the molecule is C=CCOC(=O)C(Br)c1ccccc1. The molecule has 1 atom stereocenters. The Morgan fingerprint density at radius 2 is 2.14 bits per heavy atom. The van der Waals surface area contributed by atoms with Gasteiger partial charge in [-0.3, -0.25) is 4.79 Å². The third-order valence-electron chi connectivity index (χ3n) is 1.64. The van der Waals surface area contributed by atoms with Crippen molar-refractivity contribution >= 4 is 21.9 Å². The summed E-state index contributed by atoms with van der Waals surface area (Å²) in [5, 5.41) is 0. The van der Waals surface area contributed by atoms with E-state index in [0.29, 0.717) is 0 Å². The summed E-state index contributed by atoms with van der Waals surface area (Å²) in [6.45, 7) is 3.72. The third-order valence-corrected chi connectivity index (χ3v) is 2.55. The molecule has 1 aromatic rings. The average Bonchev–Trinajstić information content (AvgIpc) is 2.26. The van der Waals surface area contributed by atoms with Crippen molar-refractivity contribution in [3.05, 3.63) is 48.6 Å². The summed E-state index contributed by atoms with van der Waals surface area (Å²) in [7, 11) is 0. The van der Waals surface area contributed by atoms with Gasteiger partial charge in [0.25, 0.3) is 0 Å². The highest BCUT2D eigenvalue weighted by atomic mass is 79.9. The molecule has 0 saturated carbocycles. The van der Waals surface area contributed by atoms with E-state index in [0.717, 1.165) is 5.56 Å². The van der Waals surface area contributed by atoms with Gasteiger partial charge in [-0.2, -0.15) is 0 Å². The summed E-state index contributed by atoms with van der Waals surface area (Å²) in [6.07, 6.45) is 1.54. The van der Waals surface area contributed by atoms with Crippen molar-refractivity contribution in [2.24, 2.45) is 0 Å². The zero-order valence-corrected chi connectivity index (χ0v) is 9.24. The first kappa shape index (κ1) is 11.0. The molecule has 3 heteroatoms.